The van der Waals surface area contributed by atoms with Gasteiger partial charge in [0.05, 0.1) is 18.8 Å². The lowest BCUT2D eigenvalue weighted by Crippen LogP contribution is -2.48. The highest BCUT2D eigenvalue weighted by atomic mass is 16.3. The first-order valence-electron chi connectivity index (χ1n) is 6.75. The predicted molar refractivity (Wildman–Crippen MR) is 75.8 cm³/mol. The van der Waals surface area contributed by atoms with Crippen molar-refractivity contribution in [2.75, 3.05) is 6.54 Å². The maximum absolute atomic E-state index is 11.7. The molecule has 0 bridgehead atoms. The van der Waals surface area contributed by atoms with E-state index in [9.17, 15) is 9.59 Å². The summed E-state index contributed by atoms with van der Waals surface area (Å²) in [5.41, 5.74) is 5.68. The zero-order valence-electron chi connectivity index (χ0n) is 12.2. The average Bonchev–Trinajstić information content (AvgIpc) is 2.87. The van der Waals surface area contributed by atoms with Crippen molar-refractivity contribution >= 4 is 11.8 Å². The molecular formula is C14H23N3O3. The third-order valence-electron chi connectivity index (χ3n) is 2.94. The van der Waals surface area contributed by atoms with E-state index in [0.717, 1.165) is 5.76 Å². The number of hydrogen-bond acceptors (Lipinski definition) is 4. The smallest absolute Gasteiger partial charge is 0.239 e. The Kier molecular flexibility index (Phi) is 6.24. The summed E-state index contributed by atoms with van der Waals surface area (Å²) in [7, 11) is 0. The first-order chi connectivity index (χ1) is 9.40. The second kappa shape index (κ2) is 7.69. The van der Waals surface area contributed by atoms with Gasteiger partial charge in [0, 0.05) is 12.5 Å². The molecule has 1 rings (SSSR count). The predicted octanol–water partition coefficient (Wildman–Crippen LogP) is 0.426. The lowest BCUT2D eigenvalue weighted by atomic mass is 10.1. The Hall–Kier alpha value is -1.82. The summed E-state index contributed by atoms with van der Waals surface area (Å²) in [6.07, 6.45) is 2.20. The Morgan fingerprint density at radius 1 is 1.35 bits per heavy atom. The van der Waals surface area contributed by atoms with Crippen molar-refractivity contribution in [3.63, 3.8) is 0 Å². The standard InChI is InChI=1S/C14H23N3O3/c1-9(2)13(15)14(19)16-8-12(18)17-10(3)7-11-5-4-6-20-11/h4-6,9-10,13H,7-8,15H2,1-3H3,(H,16,19)(H,17,18)/t10?,13-/m0/s1. The van der Waals surface area contributed by atoms with Crippen molar-refractivity contribution in [3.8, 4) is 0 Å². The van der Waals surface area contributed by atoms with Crippen LogP contribution in [-0.2, 0) is 16.0 Å². The molecule has 20 heavy (non-hydrogen) atoms. The maximum atomic E-state index is 11.7. The molecule has 0 aliphatic heterocycles. The van der Waals surface area contributed by atoms with Crippen molar-refractivity contribution in [2.24, 2.45) is 11.7 Å². The van der Waals surface area contributed by atoms with E-state index in [1.165, 1.54) is 0 Å². The Balaban J connectivity index is 2.28. The van der Waals surface area contributed by atoms with Gasteiger partial charge in [-0.15, -0.1) is 0 Å². The highest BCUT2D eigenvalue weighted by Gasteiger charge is 2.18. The Labute approximate surface area is 119 Å². The van der Waals surface area contributed by atoms with E-state index in [0.29, 0.717) is 6.42 Å². The fraction of sp³-hybridized carbons (Fsp3) is 0.571. The van der Waals surface area contributed by atoms with Gasteiger partial charge in [0.15, 0.2) is 0 Å². The summed E-state index contributed by atoms with van der Waals surface area (Å²) >= 11 is 0. The van der Waals surface area contributed by atoms with Crippen LogP contribution in [0.4, 0.5) is 0 Å². The van der Waals surface area contributed by atoms with Crippen LogP contribution < -0.4 is 16.4 Å². The van der Waals surface area contributed by atoms with Crippen LogP contribution in [0.1, 0.15) is 26.5 Å². The Morgan fingerprint density at radius 2 is 2.05 bits per heavy atom. The molecule has 112 valence electrons. The van der Waals surface area contributed by atoms with Gasteiger partial charge in [-0.2, -0.15) is 0 Å². The van der Waals surface area contributed by atoms with Gasteiger partial charge in [0.2, 0.25) is 11.8 Å². The third-order valence-corrected chi connectivity index (χ3v) is 2.94. The molecule has 0 aromatic carbocycles. The van der Waals surface area contributed by atoms with E-state index in [-0.39, 0.29) is 30.3 Å². The highest BCUT2D eigenvalue weighted by Crippen LogP contribution is 2.03. The van der Waals surface area contributed by atoms with Crippen molar-refractivity contribution in [1.82, 2.24) is 10.6 Å². The number of nitrogens with one attached hydrogen (secondary N) is 2. The molecule has 2 atom stereocenters. The Morgan fingerprint density at radius 3 is 2.60 bits per heavy atom. The molecule has 6 nitrogen and oxygen atoms in total. The van der Waals surface area contributed by atoms with Gasteiger partial charge in [-0.3, -0.25) is 9.59 Å². The van der Waals surface area contributed by atoms with Gasteiger partial charge < -0.3 is 20.8 Å². The molecule has 0 radical (unpaired) electrons. The van der Waals surface area contributed by atoms with Gasteiger partial charge in [0.1, 0.15) is 5.76 Å². The fourth-order valence-electron chi connectivity index (χ4n) is 1.70. The maximum Gasteiger partial charge on any atom is 0.239 e. The summed E-state index contributed by atoms with van der Waals surface area (Å²) < 4.78 is 5.20. The van der Waals surface area contributed by atoms with E-state index < -0.39 is 6.04 Å². The highest BCUT2D eigenvalue weighted by molar-refractivity contribution is 5.87. The quantitative estimate of drug-likeness (QED) is 0.675. The molecule has 0 aliphatic carbocycles. The summed E-state index contributed by atoms with van der Waals surface area (Å²) in [6.45, 7) is 5.52. The number of nitrogens with two attached hydrogens (primary N) is 1. The molecule has 2 amide bonds. The molecule has 0 saturated carbocycles. The minimum Gasteiger partial charge on any atom is -0.469 e. The van der Waals surface area contributed by atoms with Crippen LogP contribution in [0.25, 0.3) is 0 Å². The molecule has 1 heterocycles. The molecule has 0 aliphatic rings. The number of amides is 2. The largest absolute Gasteiger partial charge is 0.469 e. The average molecular weight is 281 g/mol. The van der Waals surface area contributed by atoms with Gasteiger partial charge >= 0.3 is 0 Å². The van der Waals surface area contributed by atoms with E-state index in [1.807, 2.05) is 26.8 Å². The monoisotopic (exact) mass is 281 g/mol. The van der Waals surface area contributed by atoms with Crippen molar-refractivity contribution in [3.05, 3.63) is 24.2 Å². The molecular weight excluding hydrogens is 258 g/mol. The zero-order chi connectivity index (χ0) is 15.1. The summed E-state index contributed by atoms with van der Waals surface area (Å²) in [6, 6.07) is 3.00. The molecule has 1 unspecified atom stereocenters. The lowest BCUT2D eigenvalue weighted by molar-refractivity contribution is -0.127. The van der Waals surface area contributed by atoms with Crippen LogP contribution in [-0.4, -0.2) is 30.4 Å². The van der Waals surface area contributed by atoms with E-state index in [1.54, 1.807) is 12.3 Å². The number of rotatable bonds is 7. The topological polar surface area (TPSA) is 97.4 Å². The molecule has 0 spiro atoms. The first-order valence-corrected chi connectivity index (χ1v) is 6.75. The van der Waals surface area contributed by atoms with Crippen LogP contribution in [0.5, 0.6) is 0 Å². The zero-order valence-corrected chi connectivity index (χ0v) is 12.2. The van der Waals surface area contributed by atoms with Crippen molar-refractivity contribution in [1.29, 1.82) is 0 Å². The van der Waals surface area contributed by atoms with Crippen LogP contribution in [0.15, 0.2) is 22.8 Å². The van der Waals surface area contributed by atoms with Crippen molar-refractivity contribution < 1.29 is 14.0 Å². The summed E-state index contributed by atoms with van der Waals surface area (Å²) in [4.78, 5) is 23.3. The minimum absolute atomic E-state index is 0.0379. The van der Waals surface area contributed by atoms with Crippen LogP contribution in [0.2, 0.25) is 0 Å². The van der Waals surface area contributed by atoms with E-state index in [4.69, 9.17) is 10.2 Å². The number of carbonyl (C=O) groups excluding carboxylic acids is 2. The van der Waals surface area contributed by atoms with Gasteiger partial charge in [-0.25, -0.2) is 0 Å². The van der Waals surface area contributed by atoms with Crippen LogP contribution in [0.3, 0.4) is 0 Å². The fourth-order valence-corrected chi connectivity index (χ4v) is 1.70. The third kappa shape index (κ3) is 5.44. The molecule has 0 saturated heterocycles. The summed E-state index contributed by atoms with van der Waals surface area (Å²) in [5, 5.41) is 5.32. The molecule has 1 aromatic heterocycles. The van der Waals surface area contributed by atoms with Gasteiger partial charge in [-0.05, 0) is 25.0 Å². The normalized spacial score (nSPS) is 13.8. The number of hydrogen-bond donors (Lipinski definition) is 3. The van der Waals surface area contributed by atoms with Crippen LogP contribution in [0, 0.1) is 5.92 Å². The van der Waals surface area contributed by atoms with Gasteiger partial charge in [0.25, 0.3) is 0 Å². The Bertz CT molecular complexity index is 429. The molecule has 0 fully saturated rings. The molecule has 6 heteroatoms. The number of carbonyl (C=O) groups is 2. The minimum atomic E-state index is -0.594. The lowest BCUT2D eigenvalue weighted by Gasteiger charge is -2.16. The van der Waals surface area contributed by atoms with E-state index in [2.05, 4.69) is 10.6 Å². The van der Waals surface area contributed by atoms with Crippen LogP contribution >= 0.6 is 0 Å². The molecule has 4 N–H and O–H groups in total. The van der Waals surface area contributed by atoms with E-state index >= 15 is 0 Å². The second-order valence-corrected chi connectivity index (χ2v) is 5.24. The molecule has 1 aromatic rings. The second-order valence-electron chi connectivity index (χ2n) is 5.24. The summed E-state index contributed by atoms with van der Waals surface area (Å²) in [5.74, 6) is 0.293. The van der Waals surface area contributed by atoms with Gasteiger partial charge in [-0.1, -0.05) is 13.8 Å². The number of furan rings is 1. The van der Waals surface area contributed by atoms with Crippen molar-refractivity contribution in [2.45, 2.75) is 39.3 Å². The SMILES string of the molecule is CC(Cc1ccco1)NC(=O)CNC(=O)[C@@H](N)C(C)C. The first kappa shape index (κ1) is 16.2.